The van der Waals surface area contributed by atoms with Crippen LogP contribution in [-0.2, 0) is 33.7 Å². The highest BCUT2D eigenvalue weighted by atomic mass is 32.2. The van der Waals surface area contributed by atoms with E-state index in [0.29, 0.717) is 23.7 Å². The predicted octanol–water partition coefficient (Wildman–Crippen LogP) is 6.65. The molecule has 1 N–H and O–H groups in total. The second-order valence-corrected chi connectivity index (χ2v) is 16.4. The summed E-state index contributed by atoms with van der Waals surface area (Å²) in [5.74, 6) is -0.315. The number of carbonyl (C=O) groups excluding carboxylic acids is 2. The van der Waals surface area contributed by atoms with Crippen LogP contribution < -0.4 is 10.2 Å². The molecule has 2 saturated heterocycles. The monoisotopic (exact) mass is 716 g/mol. The molecule has 2 aliphatic heterocycles. The zero-order valence-electron chi connectivity index (χ0n) is 27.8. The summed E-state index contributed by atoms with van der Waals surface area (Å²) in [6.07, 6.45) is 0.943. The van der Waals surface area contributed by atoms with E-state index in [-0.39, 0.29) is 44.2 Å². The standard InChI is InChI=1S/C38H40N2O8S2/c1-45-27-15-13-26(14-16-27)33-17-18-34(49-33)38(24-35(41)39-48-36-12-6-7-22-46-36)19-20-40(21-23-50(38,43)44)37(42)47-25-32-30-10-4-2-8-28(30)29-9-3-5-11-31(29)32/h2-5,8-11,13-18,32,36H,6-7,12,19-25H2,1H3,(H,39,41). The van der Waals surface area contributed by atoms with Crippen molar-refractivity contribution in [1.29, 1.82) is 0 Å². The Hall–Kier alpha value is -4.23. The zero-order valence-corrected chi connectivity index (χ0v) is 29.5. The van der Waals surface area contributed by atoms with Crippen LogP contribution in [0.3, 0.4) is 0 Å². The number of methoxy groups -OCH3 is 1. The highest BCUT2D eigenvalue weighted by molar-refractivity contribution is 7.92. The molecule has 7 rings (SSSR count). The molecule has 3 aliphatic rings. The molecule has 1 aliphatic carbocycles. The van der Waals surface area contributed by atoms with Gasteiger partial charge in [-0.1, -0.05) is 48.5 Å². The minimum atomic E-state index is -3.98. The number of sulfone groups is 1. The normalized spacial score (nSPS) is 21.5. The Labute approximate surface area is 296 Å². The van der Waals surface area contributed by atoms with Crippen molar-refractivity contribution in [3.05, 3.63) is 101 Å². The molecule has 1 aromatic heterocycles. The second-order valence-electron chi connectivity index (χ2n) is 12.9. The third-order valence-electron chi connectivity index (χ3n) is 9.92. The van der Waals surface area contributed by atoms with E-state index in [1.807, 2.05) is 54.6 Å². The van der Waals surface area contributed by atoms with Gasteiger partial charge in [0.2, 0.25) is 5.91 Å². The Balaban J connectivity index is 1.12. The molecule has 10 nitrogen and oxygen atoms in total. The fraction of sp³-hybridized carbons (Fsp3) is 0.368. The van der Waals surface area contributed by atoms with Crippen molar-refractivity contribution in [2.75, 3.05) is 39.2 Å². The van der Waals surface area contributed by atoms with Gasteiger partial charge in [0, 0.05) is 41.8 Å². The van der Waals surface area contributed by atoms with Gasteiger partial charge >= 0.3 is 6.09 Å². The Morgan fingerprint density at radius 1 is 0.940 bits per heavy atom. The van der Waals surface area contributed by atoms with Crippen LogP contribution in [0.15, 0.2) is 84.9 Å². The molecule has 2 amide bonds. The van der Waals surface area contributed by atoms with Gasteiger partial charge in [-0.3, -0.25) is 4.79 Å². The first kappa shape index (κ1) is 34.2. The molecule has 2 unspecified atom stereocenters. The van der Waals surface area contributed by atoms with Gasteiger partial charge < -0.3 is 19.1 Å². The van der Waals surface area contributed by atoms with Crippen molar-refractivity contribution in [3.63, 3.8) is 0 Å². The lowest BCUT2D eigenvalue weighted by Gasteiger charge is -2.31. The van der Waals surface area contributed by atoms with E-state index in [4.69, 9.17) is 19.0 Å². The first-order valence-corrected chi connectivity index (χ1v) is 19.4. The summed E-state index contributed by atoms with van der Waals surface area (Å²) < 4.78 is 43.9. The molecule has 0 saturated carbocycles. The number of amides is 2. The van der Waals surface area contributed by atoms with Crippen molar-refractivity contribution < 1.29 is 37.1 Å². The van der Waals surface area contributed by atoms with Crippen molar-refractivity contribution in [1.82, 2.24) is 10.4 Å². The maximum atomic E-state index is 14.4. The van der Waals surface area contributed by atoms with Gasteiger partial charge in [-0.15, -0.1) is 11.3 Å². The number of ether oxygens (including phenoxy) is 3. The molecule has 0 spiro atoms. The Kier molecular flexibility index (Phi) is 9.96. The number of rotatable bonds is 9. The van der Waals surface area contributed by atoms with E-state index < -0.39 is 32.9 Å². The first-order valence-electron chi connectivity index (χ1n) is 16.9. The number of nitrogens with zero attached hydrogens (tertiary/aromatic N) is 1. The van der Waals surface area contributed by atoms with Crippen LogP contribution in [0.1, 0.15) is 54.0 Å². The minimum absolute atomic E-state index is 0.00937. The Morgan fingerprint density at radius 2 is 1.66 bits per heavy atom. The molecular weight excluding hydrogens is 677 g/mol. The number of hydroxylamine groups is 1. The summed E-state index contributed by atoms with van der Waals surface area (Å²) in [5, 5.41) is 0. The molecule has 2 atom stereocenters. The van der Waals surface area contributed by atoms with E-state index >= 15 is 0 Å². The number of hydrogen-bond acceptors (Lipinski definition) is 9. The van der Waals surface area contributed by atoms with E-state index in [0.717, 1.165) is 45.5 Å². The Morgan fingerprint density at radius 3 is 2.34 bits per heavy atom. The molecule has 262 valence electrons. The third-order valence-corrected chi connectivity index (χ3v) is 13.9. The van der Waals surface area contributed by atoms with Crippen molar-refractivity contribution in [2.45, 2.75) is 49.1 Å². The van der Waals surface area contributed by atoms with Crippen LogP contribution in [0.25, 0.3) is 21.6 Å². The molecule has 12 heteroatoms. The highest BCUT2D eigenvalue weighted by Crippen LogP contribution is 2.46. The van der Waals surface area contributed by atoms with Crippen LogP contribution in [0.4, 0.5) is 4.79 Å². The van der Waals surface area contributed by atoms with Gasteiger partial charge in [-0.05, 0) is 83.5 Å². The van der Waals surface area contributed by atoms with Crippen LogP contribution in [0.5, 0.6) is 5.75 Å². The van der Waals surface area contributed by atoms with Crippen LogP contribution in [0.2, 0.25) is 0 Å². The van der Waals surface area contributed by atoms with Gasteiger partial charge in [0.25, 0.3) is 0 Å². The number of thiophene rings is 1. The van der Waals surface area contributed by atoms with Crippen LogP contribution in [0, 0.1) is 0 Å². The molecule has 50 heavy (non-hydrogen) atoms. The van der Waals surface area contributed by atoms with E-state index in [1.165, 1.54) is 16.2 Å². The number of benzene rings is 3. The number of carbonyl (C=O) groups is 2. The van der Waals surface area contributed by atoms with E-state index in [1.54, 1.807) is 13.2 Å². The average molecular weight is 717 g/mol. The lowest BCUT2D eigenvalue weighted by Crippen LogP contribution is -2.43. The quantitative estimate of drug-likeness (QED) is 0.191. The first-order chi connectivity index (χ1) is 24.3. The lowest BCUT2D eigenvalue weighted by molar-refractivity contribution is -0.200. The predicted molar refractivity (Wildman–Crippen MR) is 190 cm³/mol. The molecule has 0 bridgehead atoms. The third kappa shape index (κ3) is 6.77. The summed E-state index contributed by atoms with van der Waals surface area (Å²) in [6, 6.07) is 27.4. The summed E-state index contributed by atoms with van der Waals surface area (Å²) >= 11 is 1.33. The molecule has 3 heterocycles. The Bertz CT molecular complexity index is 1910. The van der Waals surface area contributed by atoms with Crippen molar-refractivity contribution in [3.8, 4) is 27.3 Å². The minimum Gasteiger partial charge on any atom is -0.497 e. The molecule has 2 fully saturated rings. The van der Waals surface area contributed by atoms with Crippen LogP contribution >= 0.6 is 11.3 Å². The van der Waals surface area contributed by atoms with E-state index in [9.17, 15) is 18.0 Å². The largest absolute Gasteiger partial charge is 0.497 e. The van der Waals surface area contributed by atoms with Crippen LogP contribution in [-0.4, -0.2) is 70.8 Å². The summed E-state index contributed by atoms with van der Waals surface area (Å²) in [4.78, 5) is 35.5. The lowest BCUT2D eigenvalue weighted by atomic mass is 9.97. The zero-order chi connectivity index (χ0) is 34.7. The smallest absolute Gasteiger partial charge is 0.409 e. The fourth-order valence-corrected chi connectivity index (χ4v) is 10.8. The topological polar surface area (TPSA) is 120 Å². The number of fused-ring (bicyclic) bond motifs is 3. The summed E-state index contributed by atoms with van der Waals surface area (Å²) in [5.41, 5.74) is 7.79. The van der Waals surface area contributed by atoms with Gasteiger partial charge in [0.15, 0.2) is 16.1 Å². The number of nitrogens with one attached hydrogen (secondary N) is 1. The van der Waals surface area contributed by atoms with Gasteiger partial charge in [0.1, 0.15) is 17.1 Å². The van der Waals surface area contributed by atoms with Crippen molar-refractivity contribution in [2.24, 2.45) is 0 Å². The molecular formula is C38H40N2O8S2. The van der Waals surface area contributed by atoms with E-state index in [2.05, 4.69) is 29.7 Å². The molecule has 3 aromatic carbocycles. The molecule has 4 aromatic rings. The maximum absolute atomic E-state index is 14.4. The highest BCUT2D eigenvalue weighted by Gasteiger charge is 2.50. The number of hydrogen-bond donors (Lipinski definition) is 1. The summed E-state index contributed by atoms with van der Waals surface area (Å²) in [7, 11) is -2.38. The second kappa shape index (κ2) is 14.6. The van der Waals surface area contributed by atoms with Gasteiger partial charge in [-0.2, -0.15) is 0 Å². The van der Waals surface area contributed by atoms with Crippen molar-refractivity contribution >= 4 is 33.2 Å². The SMILES string of the molecule is COc1ccc(-c2ccc(C3(CC(=O)NOC4CCCCO4)CCN(C(=O)OCC4c5ccccc5-c5ccccc54)CCS3(=O)=O)s2)cc1. The fourth-order valence-electron chi connectivity index (χ4n) is 7.16. The average Bonchev–Trinajstić information content (AvgIpc) is 3.73. The maximum Gasteiger partial charge on any atom is 0.409 e. The molecule has 0 radical (unpaired) electrons. The van der Waals surface area contributed by atoms with Gasteiger partial charge in [0.05, 0.1) is 19.3 Å². The van der Waals surface area contributed by atoms with Gasteiger partial charge in [-0.25, -0.2) is 23.5 Å². The summed E-state index contributed by atoms with van der Waals surface area (Å²) in [6.45, 7) is 0.700.